The van der Waals surface area contributed by atoms with Crippen LogP contribution in [0.15, 0.2) is 16.7 Å². The highest BCUT2D eigenvalue weighted by atomic mass is 79.9. The van der Waals surface area contributed by atoms with Gasteiger partial charge in [0.15, 0.2) is 0 Å². The van der Waals surface area contributed by atoms with E-state index in [1.54, 1.807) is 19.4 Å². The molecule has 7 heteroatoms. The first kappa shape index (κ1) is 15.2. The molecular weight excluding hydrogens is 321 g/mol. The van der Waals surface area contributed by atoms with Crippen LogP contribution in [0.3, 0.4) is 0 Å². The predicted octanol–water partition coefficient (Wildman–Crippen LogP) is 2.06. The molecule has 18 heavy (non-hydrogen) atoms. The average Bonchev–Trinajstić information content (AvgIpc) is 2.32. The Balaban J connectivity index is 2.26. The number of halogens is 2. The molecule has 100 valence electrons. The second kappa shape index (κ2) is 8.29. The lowest BCUT2D eigenvalue weighted by Crippen LogP contribution is -2.28. The van der Waals surface area contributed by atoms with Crippen LogP contribution in [0, 0.1) is 0 Å². The van der Waals surface area contributed by atoms with Gasteiger partial charge in [0.25, 0.3) is 0 Å². The van der Waals surface area contributed by atoms with Crippen molar-refractivity contribution in [2.24, 2.45) is 0 Å². The van der Waals surface area contributed by atoms with E-state index in [0.29, 0.717) is 37.0 Å². The maximum atomic E-state index is 11.4. The van der Waals surface area contributed by atoms with Gasteiger partial charge in [-0.05, 0) is 22.0 Å². The summed E-state index contributed by atoms with van der Waals surface area (Å²) in [6, 6.07) is 1.75. The minimum Gasteiger partial charge on any atom is -0.383 e. The average molecular weight is 337 g/mol. The lowest BCUT2D eigenvalue weighted by molar-refractivity contribution is -0.121. The van der Waals surface area contributed by atoms with Gasteiger partial charge in [-0.3, -0.25) is 4.79 Å². The van der Waals surface area contributed by atoms with E-state index < -0.39 is 0 Å². The van der Waals surface area contributed by atoms with Crippen molar-refractivity contribution in [3.8, 4) is 0 Å². The summed E-state index contributed by atoms with van der Waals surface area (Å²) >= 11 is 9.25. The summed E-state index contributed by atoms with van der Waals surface area (Å²) in [5.41, 5.74) is 0. The third-order valence-electron chi connectivity index (χ3n) is 2.08. The highest BCUT2D eigenvalue weighted by Crippen LogP contribution is 2.22. The molecule has 1 rings (SSSR count). The lowest BCUT2D eigenvalue weighted by Gasteiger charge is -2.08. The van der Waals surface area contributed by atoms with Crippen LogP contribution in [-0.4, -0.2) is 37.7 Å². The van der Waals surface area contributed by atoms with Gasteiger partial charge in [0.05, 0.1) is 11.6 Å². The zero-order valence-electron chi connectivity index (χ0n) is 10.0. The van der Waals surface area contributed by atoms with Crippen molar-refractivity contribution in [3.63, 3.8) is 0 Å². The van der Waals surface area contributed by atoms with Crippen LogP contribution in [0.4, 0.5) is 5.82 Å². The Morgan fingerprint density at radius 3 is 3.00 bits per heavy atom. The molecule has 2 N–H and O–H groups in total. The monoisotopic (exact) mass is 335 g/mol. The molecule has 1 heterocycles. The molecule has 0 aromatic carbocycles. The molecule has 0 bridgehead atoms. The molecule has 0 spiro atoms. The number of aromatic nitrogens is 1. The second-order valence-electron chi connectivity index (χ2n) is 3.50. The van der Waals surface area contributed by atoms with E-state index in [4.69, 9.17) is 16.3 Å². The number of nitrogens with zero attached hydrogens (tertiary/aromatic N) is 1. The van der Waals surface area contributed by atoms with Gasteiger partial charge in [-0.1, -0.05) is 11.6 Å². The molecular formula is C11H15BrClN3O2. The summed E-state index contributed by atoms with van der Waals surface area (Å²) in [5.74, 6) is 0.539. The van der Waals surface area contributed by atoms with E-state index in [9.17, 15) is 4.79 Å². The van der Waals surface area contributed by atoms with Gasteiger partial charge in [0.1, 0.15) is 5.82 Å². The molecule has 0 aliphatic carbocycles. The number of amides is 1. The second-order valence-corrected chi connectivity index (χ2v) is 4.83. The first-order valence-electron chi connectivity index (χ1n) is 5.44. The molecule has 0 aliphatic rings. The highest BCUT2D eigenvalue weighted by Gasteiger charge is 2.04. The number of carbonyl (C=O) groups excluding carboxylic acids is 1. The van der Waals surface area contributed by atoms with E-state index in [0.717, 1.165) is 4.47 Å². The number of nitrogens with one attached hydrogen (secondary N) is 2. The Kier molecular flexibility index (Phi) is 7.00. The first-order chi connectivity index (χ1) is 8.63. The van der Waals surface area contributed by atoms with Crippen molar-refractivity contribution in [1.29, 1.82) is 0 Å². The first-order valence-corrected chi connectivity index (χ1v) is 6.61. The standard InChI is InChI=1S/C11H15BrClN3O2/c1-18-5-4-14-10(17)2-3-15-11-9(13)6-8(12)7-16-11/h6-7H,2-5H2,1H3,(H,14,17)(H,15,16). The van der Waals surface area contributed by atoms with E-state index >= 15 is 0 Å². The number of carbonyl (C=O) groups is 1. The lowest BCUT2D eigenvalue weighted by atomic mass is 10.4. The molecule has 1 aromatic rings. The van der Waals surface area contributed by atoms with Crippen LogP contribution in [0.2, 0.25) is 5.02 Å². The summed E-state index contributed by atoms with van der Waals surface area (Å²) in [6.45, 7) is 1.51. The fourth-order valence-electron chi connectivity index (χ4n) is 1.22. The predicted molar refractivity (Wildman–Crippen MR) is 74.9 cm³/mol. The Morgan fingerprint density at radius 1 is 1.56 bits per heavy atom. The Bertz CT molecular complexity index is 404. The third-order valence-corrected chi connectivity index (χ3v) is 2.80. The number of ether oxygens (including phenoxy) is 1. The topological polar surface area (TPSA) is 63.2 Å². The van der Waals surface area contributed by atoms with Gasteiger partial charge in [-0.2, -0.15) is 0 Å². The van der Waals surface area contributed by atoms with Crippen molar-refractivity contribution in [1.82, 2.24) is 10.3 Å². The summed E-state index contributed by atoms with van der Waals surface area (Å²) in [7, 11) is 1.59. The van der Waals surface area contributed by atoms with Gasteiger partial charge in [-0.15, -0.1) is 0 Å². The molecule has 0 fully saturated rings. The number of rotatable bonds is 7. The number of pyridine rings is 1. The van der Waals surface area contributed by atoms with Crippen molar-refractivity contribution in [3.05, 3.63) is 21.8 Å². The molecule has 0 aliphatic heterocycles. The number of hydrogen-bond acceptors (Lipinski definition) is 4. The zero-order chi connectivity index (χ0) is 13.4. The Labute approximate surface area is 119 Å². The van der Waals surface area contributed by atoms with Crippen molar-refractivity contribution in [2.45, 2.75) is 6.42 Å². The smallest absolute Gasteiger partial charge is 0.221 e. The van der Waals surface area contributed by atoms with Gasteiger partial charge in [-0.25, -0.2) is 4.98 Å². The maximum Gasteiger partial charge on any atom is 0.221 e. The molecule has 0 saturated heterocycles. The van der Waals surface area contributed by atoms with Gasteiger partial charge < -0.3 is 15.4 Å². The Hall–Kier alpha value is -0.850. The fraction of sp³-hybridized carbons (Fsp3) is 0.455. The van der Waals surface area contributed by atoms with Crippen molar-refractivity contribution < 1.29 is 9.53 Å². The normalized spacial score (nSPS) is 10.2. The summed E-state index contributed by atoms with van der Waals surface area (Å²) in [5, 5.41) is 6.25. The molecule has 0 atom stereocenters. The van der Waals surface area contributed by atoms with E-state index in [2.05, 4.69) is 31.5 Å². The van der Waals surface area contributed by atoms with Crippen LogP contribution in [-0.2, 0) is 9.53 Å². The summed E-state index contributed by atoms with van der Waals surface area (Å²) in [4.78, 5) is 15.5. The van der Waals surface area contributed by atoms with Crippen molar-refractivity contribution in [2.75, 3.05) is 32.1 Å². The van der Waals surface area contributed by atoms with Crippen LogP contribution >= 0.6 is 27.5 Å². The van der Waals surface area contributed by atoms with Crippen molar-refractivity contribution >= 4 is 39.3 Å². The largest absolute Gasteiger partial charge is 0.383 e. The SMILES string of the molecule is COCCNC(=O)CCNc1ncc(Br)cc1Cl. The third kappa shape index (κ3) is 5.66. The van der Waals surface area contributed by atoms with Gasteiger partial charge >= 0.3 is 0 Å². The molecule has 0 unspecified atom stereocenters. The van der Waals surface area contributed by atoms with Crippen LogP contribution < -0.4 is 10.6 Å². The summed E-state index contributed by atoms with van der Waals surface area (Å²) in [6.07, 6.45) is 2.00. The van der Waals surface area contributed by atoms with E-state index in [1.807, 2.05) is 0 Å². The van der Waals surface area contributed by atoms with E-state index in [1.165, 1.54) is 0 Å². The van der Waals surface area contributed by atoms with Crippen LogP contribution in [0.25, 0.3) is 0 Å². The Morgan fingerprint density at radius 2 is 2.33 bits per heavy atom. The molecule has 0 radical (unpaired) electrons. The zero-order valence-corrected chi connectivity index (χ0v) is 12.3. The number of hydrogen-bond donors (Lipinski definition) is 2. The van der Waals surface area contributed by atoms with Crippen LogP contribution in [0.1, 0.15) is 6.42 Å². The summed E-state index contributed by atoms with van der Waals surface area (Å²) < 4.78 is 5.65. The minimum atomic E-state index is -0.0345. The molecule has 0 saturated carbocycles. The number of anilines is 1. The highest BCUT2D eigenvalue weighted by molar-refractivity contribution is 9.10. The van der Waals surface area contributed by atoms with Gasteiger partial charge in [0, 0.05) is 37.3 Å². The maximum absolute atomic E-state index is 11.4. The molecule has 1 amide bonds. The minimum absolute atomic E-state index is 0.0345. The quantitative estimate of drug-likeness (QED) is 0.748. The molecule has 5 nitrogen and oxygen atoms in total. The molecule has 1 aromatic heterocycles. The van der Waals surface area contributed by atoms with E-state index in [-0.39, 0.29) is 5.91 Å². The van der Waals surface area contributed by atoms with Gasteiger partial charge in [0.2, 0.25) is 5.91 Å². The van der Waals surface area contributed by atoms with Crippen LogP contribution in [0.5, 0.6) is 0 Å². The fourth-order valence-corrected chi connectivity index (χ4v) is 1.92. The number of methoxy groups -OCH3 is 1.